The number of benzene rings is 1. The summed E-state index contributed by atoms with van der Waals surface area (Å²) in [5.41, 5.74) is 12.1. The van der Waals surface area contributed by atoms with E-state index in [9.17, 15) is 0 Å². The van der Waals surface area contributed by atoms with E-state index in [0.717, 1.165) is 12.8 Å². The summed E-state index contributed by atoms with van der Waals surface area (Å²) in [5, 5.41) is 1.46. The van der Waals surface area contributed by atoms with Crippen LogP contribution in [-0.4, -0.2) is 6.54 Å². The predicted molar refractivity (Wildman–Crippen MR) is 73.9 cm³/mol. The van der Waals surface area contributed by atoms with Crippen molar-refractivity contribution < 1.29 is 0 Å². The lowest BCUT2D eigenvalue weighted by Crippen LogP contribution is -2.13. The Balaban J connectivity index is 0.00000225. The van der Waals surface area contributed by atoms with E-state index in [4.69, 9.17) is 46.3 Å². The van der Waals surface area contributed by atoms with Gasteiger partial charge in [-0.15, -0.1) is 12.4 Å². The Hall–Kier alpha value is 0.300. The van der Waals surface area contributed by atoms with Crippen LogP contribution in [0.1, 0.15) is 24.4 Å². The van der Waals surface area contributed by atoms with Crippen LogP contribution in [0.4, 0.5) is 0 Å². The van der Waals surface area contributed by atoms with Crippen molar-refractivity contribution in [3.05, 3.63) is 32.8 Å². The zero-order chi connectivity index (χ0) is 11.4. The molecule has 2 nitrogen and oxygen atoms in total. The first-order valence-corrected chi connectivity index (χ1v) is 5.80. The number of halogens is 4. The molecule has 0 radical (unpaired) electrons. The molecule has 0 heterocycles. The van der Waals surface area contributed by atoms with Gasteiger partial charge in [-0.1, -0.05) is 34.8 Å². The summed E-state index contributed by atoms with van der Waals surface area (Å²) in [6.07, 6.45) is 1.58. The van der Waals surface area contributed by atoms with E-state index in [2.05, 4.69) is 0 Å². The van der Waals surface area contributed by atoms with E-state index in [1.54, 1.807) is 12.1 Å². The molecular formula is C10H14Cl4N2. The van der Waals surface area contributed by atoms with Gasteiger partial charge < -0.3 is 11.5 Å². The molecule has 92 valence electrons. The summed E-state index contributed by atoms with van der Waals surface area (Å²) in [5.74, 6) is 0. The van der Waals surface area contributed by atoms with Gasteiger partial charge in [0.05, 0.1) is 10.0 Å². The number of hydrogen-bond acceptors (Lipinski definition) is 2. The summed E-state index contributed by atoms with van der Waals surface area (Å²) in [6, 6.07) is 3.14. The summed E-state index contributed by atoms with van der Waals surface area (Å²) >= 11 is 18.0. The SMILES string of the molecule is Cl.NCCC[C@H](N)c1c(Cl)ccc(Cl)c1Cl. The fourth-order valence-corrected chi connectivity index (χ4v) is 2.18. The fourth-order valence-electron chi connectivity index (χ4n) is 1.36. The van der Waals surface area contributed by atoms with Gasteiger partial charge in [0, 0.05) is 16.6 Å². The highest BCUT2D eigenvalue weighted by Crippen LogP contribution is 2.36. The Bertz CT molecular complexity index is 344. The molecule has 1 rings (SSSR count). The minimum absolute atomic E-state index is 0. The van der Waals surface area contributed by atoms with E-state index < -0.39 is 0 Å². The van der Waals surface area contributed by atoms with Crippen LogP contribution in [0.2, 0.25) is 15.1 Å². The molecule has 0 spiro atoms. The van der Waals surface area contributed by atoms with E-state index in [1.165, 1.54) is 0 Å². The maximum Gasteiger partial charge on any atom is 0.0654 e. The molecule has 1 aromatic carbocycles. The minimum atomic E-state index is -0.216. The lowest BCUT2D eigenvalue weighted by molar-refractivity contribution is 0.618. The molecule has 0 bridgehead atoms. The van der Waals surface area contributed by atoms with Crippen LogP contribution in [0.5, 0.6) is 0 Å². The molecule has 0 aliphatic heterocycles. The lowest BCUT2D eigenvalue weighted by Gasteiger charge is -2.15. The molecular weight excluding hydrogens is 290 g/mol. The highest BCUT2D eigenvalue weighted by molar-refractivity contribution is 6.44. The molecule has 1 aromatic rings. The Morgan fingerprint density at radius 2 is 1.69 bits per heavy atom. The third-order valence-corrected chi connectivity index (χ3v) is 3.32. The molecule has 0 aliphatic carbocycles. The summed E-state index contributed by atoms with van der Waals surface area (Å²) in [7, 11) is 0. The molecule has 6 heteroatoms. The second-order valence-electron chi connectivity index (χ2n) is 3.29. The van der Waals surface area contributed by atoms with Crippen LogP contribution < -0.4 is 11.5 Å². The quantitative estimate of drug-likeness (QED) is 0.831. The molecule has 0 aromatic heterocycles. The molecule has 0 amide bonds. The van der Waals surface area contributed by atoms with Gasteiger partial charge in [0.1, 0.15) is 0 Å². The molecule has 0 fully saturated rings. The van der Waals surface area contributed by atoms with Crippen molar-refractivity contribution in [2.24, 2.45) is 11.5 Å². The molecule has 16 heavy (non-hydrogen) atoms. The third-order valence-electron chi connectivity index (χ3n) is 2.17. The molecule has 0 saturated carbocycles. The first-order valence-electron chi connectivity index (χ1n) is 4.67. The van der Waals surface area contributed by atoms with Gasteiger partial charge in [-0.25, -0.2) is 0 Å². The monoisotopic (exact) mass is 302 g/mol. The van der Waals surface area contributed by atoms with Crippen LogP contribution >= 0.6 is 47.2 Å². The Morgan fingerprint density at radius 3 is 2.25 bits per heavy atom. The van der Waals surface area contributed by atoms with Gasteiger partial charge in [0.2, 0.25) is 0 Å². The molecule has 1 atom stereocenters. The van der Waals surface area contributed by atoms with Crippen LogP contribution in [0.15, 0.2) is 12.1 Å². The maximum absolute atomic E-state index is 6.04. The summed E-state index contributed by atoms with van der Waals surface area (Å²) in [6.45, 7) is 0.601. The lowest BCUT2D eigenvalue weighted by atomic mass is 10.0. The first-order chi connectivity index (χ1) is 7.07. The topological polar surface area (TPSA) is 52.0 Å². The van der Waals surface area contributed by atoms with E-state index in [-0.39, 0.29) is 18.4 Å². The highest BCUT2D eigenvalue weighted by Gasteiger charge is 2.15. The van der Waals surface area contributed by atoms with Crippen LogP contribution in [-0.2, 0) is 0 Å². The van der Waals surface area contributed by atoms with Crippen molar-refractivity contribution >= 4 is 47.2 Å². The van der Waals surface area contributed by atoms with Gasteiger partial charge in [-0.05, 0) is 31.5 Å². The van der Waals surface area contributed by atoms with Gasteiger partial charge >= 0.3 is 0 Å². The van der Waals surface area contributed by atoms with Crippen LogP contribution in [0, 0.1) is 0 Å². The number of rotatable bonds is 4. The van der Waals surface area contributed by atoms with Crippen molar-refractivity contribution in [3.63, 3.8) is 0 Å². The van der Waals surface area contributed by atoms with Crippen molar-refractivity contribution in [1.82, 2.24) is 0 Å². The van der Waals surface area contributed by atoms with Crippen LogP contribution in [0.3, 0.4) is 0 Å². The smallest absolute Gasteiger partial charge is 0.0654 e. The Kier molecular flexibility index (Phi) is 7.73. The average molecular weight is 304 g/mol. The van der Waals surface area contributed by atoms with Gasteiger partial charge in [-0.3, -0.25) is 0 Å². The molecule has 0 saturated heterocycles. The largest absolute Gasteiger partial charge is 0.330 e. The minimum Gasteiger partial charge on any atom is -0.330 e. The second kappa shape index (κ2) is 7.59. The number of hydrogen-bond donors (Lipinski definition) is 2. The van der Waals surface area contributed by atoms with Crippen molar-refractivity contribution in [3.8, 4) is 0 Å². The van der Waals surface area contributed by atoms with Crippen molar-refractivity contribution in [1.29, 1.82) is 0 Å². The fraction of sp³-hybridized carbons (Fsp3) is 0.400. The third kappa shape index (κ3) is 3.95. The Morgan fingerprint density at radius 1 is 1.12 bits per heavy atom. The average Bonchev–Trinajstić information content (AvgIpc) is 2.21. The van der Waals surface area contributed by atoms with Gasteiger partial charge in [0.25, 0.3) is 0 Å². The highest BCUT2D eigenvalue weighted by atomic mass is 35.5. The Labute approximate surface area is 117 Å². The number of nitrogens with two attached hydrogens (primary N) is 2. The molecule has 0 aliphatic rings. The maximum atomic E-state index is 6.04. The second-order valence-corrected chi connectivity index (χ2v) is 4.49. The zero-order valence-electron chi connectivity index (χ0n) is 8.55. The van der Waals surface area contributed by atoms with E-state index in [0.29, 0.717) is 27.2 Å². The van der Waals surface area contributed by atoms with E-state index >= 15 is 0 Å². The van der Waals surface area contributed by atoms with Crippen molar-refractivity contribution in [2.45, 2.75) is 18.9 Å². The van der Waals surface area contributed by atoms with Crippen LogP contribution in [0.25, 0.3) is 0 Å². The van der Waals surface area contributed by atoms with Gasteiger partial charge in [-0.2, -0.15) is 0 Å². The zero-order valence-corrected chi connectivity index (χ0v) is 11.6. The molecule has 0 unspecified atom stereocenters. The standard InChI is InChI=1S/C10H13Cl3N2.ClH/c11-6-3-4-7(12)10(13)9(6)8(15)2-1-5-14;/h3-4,8H,1-2,5,14-15H2;1H/t8-;/m0./s1. The van der Waals surface area contributed by atoms with Gasteiger partial charge in [0.15, 0.2) is 0 Å². The van der Waals surface area contributed by atoms with E-state index in [1.807, 2.05) is 0 Å². The normalized spacial score (nSPS) is 12.1. The molecule has 4 N–H and O–H groups in total. The summed E-state index contributed by atoms with van der Waals surface area (Å²) in [4.78, 5) is 0. The predicted octanol–water partition coefficient (Wildman–Crippen LogP) is 3.81. The first kappa shape index (κ1) is 16.3. The van der Waals surface area contributed by atoms with Crippen molar-refractivity contribution in [2.75, 3.05) is 6.54 Å². The summed E-state index contributed by atoms with van der Waals surface area (Å²) < 4.78 is 0.